The average molecular weight is 348 g/mol. The van der Waals surface area contributed by atoms with Crippen LogP contribution in [0.5, 0.6) is 0 Å². The zero-order valence-electron chi connectivity index (χ0n) is 14.9. The van der Waals surface area contributed by atoms with Gasteiger partial charge in [0.05, 0.1) is 6.10 Å². The maximum absolute atomic E-state index is 13.0. The van der Waals surface area contributed by atoms with E-state index in [2.05, 4.69) is 14.8 Å². The van der Waals surface area contributed by atoms with Crippen molar-refractivity contribution in [2.45, 2.75) is 38.2 Å². The van der Waals surface area contributed by atoms with Crippen LogP contribution < -0.4 is 10.6 Å². The largest absolute Gasteiger partial charge is 0.378 e. The predicted octanol–water partition coefficient (Wildman–Crippen LogP) is 2.61. The molecule has 0 amide bonds. The number of nitrogens with zero attached hydrogens (tertiary/aromatic N) is 3. The van der Waals surface area contributed by atoms with Gasteiger partial charge in [0.15, 0.2) is 5.96 Å². The van der Waals surface area contributed by atoms with Crippen LogP contribution >= 0.6 is 0 Å². The molecule has 0 aromatic heterocycles. The molecular weight excluding hydrogens is 319 g/mol. The molecule has 138 valence electrons. The normalized spacial score (nSPS) is 22.3. The maximum atomic E-state index is 13.0. The number of aliphatic imine (C=N–C) groups is 1. The van der Waals surface area contributed by atoms with E-state index in [0.29, 0.717) is 12.1 Å². The van der Waals surface area contributed by atoms with Crippen molar-refractivity contribution in [2.24, 2.45) is 10.7 Å². The molecule has 2 fully saturated rings. The Morgan fingerprint density at radius 3 is 2.60 bits per heavy atom. The second-order valence-corrected chi connectivity index (χ2v) is 6.82. The summed E-state index contributed by atoms with van der Waals surface area (Å²) in [5.74, 6) is 0.445. The van der Waals surface area contributed by atoms with Crippen molar-refractivity contribution in [3.8, 4) is 0 Å². The van der Waals surface area contributed by atoms with Crippen molar-refractivity contribution < 1.29 is 9.13 Å². The van der Waals surface area contributed by atoms with E-state index in [1.807, 2.05) is 12.1 Å². The number of rotatable bonds is 5. The summed E-state index contributed by atoms with van der Waals surface area (Å²) in [7, 11) is 0. The summed E-state index contributed by atoms with van der Waals surface area (Å²) in [6, 6.07) is 6.67. The minimum Gasteiger partial charge on any atom is -0.378 e. The number of hydrogen-bond acceptors (Lipinski definition) is 3. The van der Waals surface area contributed by atoms with Crippen LogP contribution in [0, 0.1) is 5.82 Å². The van der Waals surface area contributed by atoms with Gasteiger partial charge in [0, 0.05) is 45.0 Å². The molecule has 0 saturated carbocycles. The van der Waals surface area contributed by atoms with E-state index in [9.17, 15) is 4.39 Å². The lowest BCUT2D eigenvalue weighted by atomic mass is 10.1. The lowest BCUT2D eigenvalue weighted by Gasteiger charge is -2.36. The number of anilines is 1. The van der Waals surface area contributed by atoms with Crippen molar-refractivity contribution in [3.05, 3.63) is 30.1 Å². The summed E-state index contributed by atoms with van der Waals surface area (Å²) in [5.41, 5.74) is 7.21. The van der Waals surface area contributed by atoms with Gasteiger partial charge in [-0.05, 0) is 56.4 Å². The first kappa shape index (κ1) is 18.0. The van der Waals surface area contributed by atoms with Gasteiger partial charge in [-0.1, -0.05) is 0 Å². The summed E-state index contributed by atoms with van der Waals surface area (Å²) >= 11 is 0. The summed E-state index contributed by atoms with van der Waals surface area (Å²) in [5, 5.41) is 0. The molecule has 1 aromatic carbocycles. The molecular formula is C19H29FN4O. The van der Waals surface area contributed by atoms with Crippen LogP contribution in [-0.2, 0) is 4.74 Å². The molecule has 0 bridgehead atoms. The van der Waals surface area contributed by atoms with E-state index in [1.165, 1.54) is 31.4 Å². The average Bonchev–Trinajstić information content (AvgIpc) is 2.67. The number of nitrogens with two attached hydrogens (primary N) is 1. The monoisotopic (exact) mass is 348 g/mol. The Morgan fingerprint density at radius 2 is 1.92 bits per heavy atom. The minimum atomic E-state index is -0.197. The summed E-state index contributed by atoms with van der Waals surface area (Å²) in [6.45, 7) is 5.12. The van der Waals surface area contributed by atoms with Crippen molar-refractivity contribution in [3.63, 3.8) is 0 Å². The third-order valence-corrected chi connectivity index (χ3v) is 5.03. The molecule has 0 aliphatic carbocycles. The summed E-state index contributed by atoms with van der Waals surface area (Å²) in [6.07, 6.45) is 6.20. The molecule has 0 spiro atoms. The number of hydrogen-bond donors (Lipinski definition) is 1. The second kappa shape index (κ2) is 9.04. The molecule has 1 atom stereocenters. The Bertz CT molecular complexity index is 549. The molecule has 5 nitrogen and oxygen atoms in total. The second-order valence-electron chi connectivity index (χ2n) is 6.82. The van der Waals surface area contributed by atoms with Gasteiger partial charge in [-0.25, -0.2) is 4.39 Å². The van der Waals surface area contributed by atoms with Crippen molar-refractivity contribution in [1.82, 2.24) is 4.90 Å². The van der Waals surface area contributed by atoms with Gasteiger partial charge < -0.3 is 20.3 Å². The fourth-order valence-electron chi connectivity index (χ4n) is 3.49. The first-order valence-electron chi connectivity index (χ1n) is 9.39. The maximum Gasteiger partial charge on any atom is 0.191 e. The number of halogens is 1. The molecule has 25 heavy (non-hydrogen) atoms. The van der Waals surface area contributed by atoms with E-state index in [-0.39, 0.29) is 5.82 Å². The lowest BCUT2D eigenvalue weighted by Crippen LogP contribution is -2.51. The lowest BCUT2D eigenvalue weighted by molar-refractivity contribution is 0.0105. The number of ether oxygens (including phenoxy) is 1. The first-order chi connectivity index (χ1) is 12.2. The predicted molar refractivity (Wildman–Crippen MR) is 99.5 cm³/mol. The molecule has 1 aromatic rings. The first-order valence-corrected chi connectivity index (χ1v) is 9.39. The third-order valence-electron chi connectivity index (χ3n) is 5.03. The van der Waals surface area contributed by atoms with Crippen LogP contribution in [-0.4, -0.2) is 56.3 Å². The summed E-state index contributed by atoms with van der Waals surface area (Å²) in [4.78, 5) is 8.93. The van der Waals surface area contributed by atoms with Crippen LogP contribution in [0.3, 0.4) is 0 Å². The van der Waals surface area contributed by atoms with E-state index in [0.717, 1.165) is 57.9 Å². The fraction of sp³-hybridized carbons (Fsp3) is 0.632. The van der Waals surface area contributed by atoms with Gasteiger partial charge in [0.2, 0.25) is 0 Å². The van der Waals surface area contributed by atoms with Gasteiger partial charge in [0.25, 0.3) is 0 Å². The fourth-order valence-corrected chi connectivity index (χ4v) is 3.49. The highest BCUT2D eigenvalue weighted by atomic mass is 19.1. The molecule has 2 saturated heterocycles. The van der Waals surface area contributed by atoms with Crippen LogP contribution in [0.15, 0.2) is 29.3 Å². The third kappa shape index (κ3) is 5.33. The SMILES string of the molecule is NC(=NCCCC1CCCCO1)N1CCN(c2ccc(F)cc2)CC1. The highest BCUT2D eigenvalue weighted by Gasteiger charge is 2.18. The van der Waals surface area contributed by atoms with Crippen LogP contribution in [0.2, 0.25) is 0 Å². The Balaban J connectivity index is 1.38. The Morgan fingerprint density at radius 1 is 1.16 bits per heavy atom. The smallest absolute Gasteiger partial charge is 0.191 e. The van der Waals surface area contributed by atoms with Crippen LogP contribution in [0.4, 0.5) is 10.1 Å². The highest BCUT2D eigenvalue weighted by Crippen LogP contribution is 2.18. The van der Waals surface area contributed by atoms with E-state index < -0.39 is 0 Å². The molecule has 1 unspecified atom stereocenters. The zero-order valence-corrected chi connectivity index (χ0v) is 14.9. The Kier molecular flexibility index (Phi) is 6.50. The molecule has 2 N–H and O–H groups in total. The number of piperazine rings is 1. The van der Waals surface area contributed by atoms with Crippen LogP contribution in [0.1, 0.15) is 32.1 Å². The summed E-state index contributed by atoms with van der Waals surface area (Å²) < 4.78 is 18.8. The topological polar surface area (TPSA) is 54.1 Å². The Labute approximate surface area is 149 Å². The van der Waals surface area contributed by atoms with E-state index >= 15 is 0 Å². The van der Waals surface area contributed by atoms with Crippen molar-refractivity contribution in [2.75, 3.05) is 44.2 Å². The number of benzene rings is 1. The van der Waals surface area contributed by atoms with Gasteiger partial charge in [-0.3, -0.25) is 4.99 Å². The zero-order chi connectivity index (χ0) is 17.5. The number of guanidine groups is 1. The van der Waals surface area contributed by atoms with Gasteiger partial charge >= 0.3 is 0 Å². The quantitative estimate of drug-likeness (QED) is 0.505. The molecule has 2 aliphatic heterocycles. The van der Waals surface area contributed by atoms with Crippen LogP contribution in [0.25, 0.3) is 0 Å². The minimum absolute atomic E-state index is 0.197. The van der Waals surface area contributed by atoms with Crippen molar-refractivity contribution in [1.29, 1.82) is 0 Å². The van der Waals surface area contributed by atoms with Gasteiger partial charge in [0.1, 0.15) is 5.82 Å². The van der Waals surface area contributed by atoms with Crippen molar-refractivity contribution >= 4 is 11.6 Å². The molecule has 2 aliphatic rings. The molecule has 3 rings (SSSR count). The molecule has 2 heterocycles. The van der Waals surface area contributed by atoms with E-state index in [1.54, 1.807) is 0 Å². The highest BCUT2D eigenvalue weighted by molar-refractivity contribution is 5.78. The Hall–Kier alpha value is -1.82. The molecule has 6 heteroatoms. The molecule has 0 radical (unpaired) electrons. The van der Waals surface area contributed by atoms with E-state index in [4.69, 9.17) is 10.5 Å². The standard InChI is InChI=1S/C19H29FN4O/c20-16-6-8-17(9-7-16)23-11-13-24(14-12-23)19(21)22-10-3-5-18-4-1-2-15-25-18/h6-9,18H,1-5,10-15H2,(H2,21,22). The van der Waals surface area contributed by atoms with Gasteiger partial charge in [-0.2, -0.15) is 0 Å². The van der Waals surface area contributed by atoms with Gasteiger partial charge in [-0.15, -0.1) is 0 Å².